The number of ether oxygens (including phenoxy) is 1. The third kappa shape index (κ3) is 6.21. The third-order valence-electron chi connectivity index (χ3n) is 2.61. The minimum absolute atomic E-state index is 0.0671. The number of methoxy groups -OCH3 is 1. The lowest BCUT2D eigenvalue weighted by Gasteiger charge is -2.26. The number of hydrogen-bond donors (Lipinski definition) is 0. The van der Waals surface area contributed by atoms with Crippen molar-refractivity contribution in [2.45, 2.75) is 26.3 Å². The summed E-state index contributed by atoms with van der Waals surface area (Å²) in [6.45, 7) is 4.46. The van der Waals surface area contributed by atoms with Gasteiger partial charge in [0.05, 0.1) is 32.7 Å². The Balaban J connectivity index is 4.36. The molecule has 0 rings (SSSR count). The molecule has 0 saturated carbocycles. The first-order chi connectivity index (χ1) is 8.42. The Hall–Kier alpha value is -1.61. The van der Waals surface area contributed by atoms with Gasteiger partial charge in [-0.1, -0.05) is 0 Å². The molecule has 0 aromatic carbocycles. The summed E-state index contributed by atoms with van der Waals surface area (Å²) >= 11 is 0. The summed E-state index contributed by atoms with van der Waals surface area (Å²) in [6.07, 6.45) is 0.306. The van der Waals surface area contributed by atoms with Gasteiger partial charge in [-0.25, -0.2) is 0 Å². The Labute approximate surface area is 108 Å². The predicted molar refractivity (Wildman–Crippen MR) is 66.6 cm³/mol. The van der Waals surface area contributed by atoms with E-state index in [4.69, 9.17) is 5.26 Å². The van der Waals surface area contributed by atoms with E-state index < -0.39 is 0 Å². The molecule has 6 heteroatoms. The van der Waals surface area contributed by atoms with Crippen molar-refractivity contribution in [1.29, 1.82) is 5.26 Å². The van der Waals surface area contributed by atoms with Crippen molar-refractivity contribution in [1.82, 2.24) is 9.80 Å². The standard InChI is InChI=1S/C12H21N3O3/c1-10(2)15(9-12(17)18-4)8-11(16)14(3)7-5-6-13/h10H,5,7-9H2,1-4H3. The molecule has 0 aromatic rings. The molecular formula is C12H21N3O3. The lowest BCUT2D eigenvalue weighted by atomic mass is 10.3. The van der Waals surface area contributed by atoms with Gasteiger partial charge in [0.15, 0.2) is 0 Å². The minimum Gasteiger partial charge on any atom is -0.468 e. The maximum Gasteiger partial charge on any atom is 0.319 e. The Bertz CT molecular complexity index is 323. The summed E-state index contributed by atoms with van der Waals surface area (Å²) in [5, 5.41) is 8.46. The second-order valence-electron chi connectivity index (χ2n) is 4.30. The van der Waals surface area contributed by atoms with Crippen molar-refractivity contribution >= 4 is 11.9 Å². The number of carbonyl (C=O) groups is 2. The molecule has 1 amide bonds. The van der Waals surface area contributed by atoms with E-state index in [9.17, 15) is 9.59 Å². The van der Waals surface area contributed by atoms with Crippen LogP contribution in [-0.2, 0) is 14.3 Å². The van der Waals surface area contributed by atoms with E-state index in [1.165, 1.54) is 12.0 Å². The van der Waals surface area contributed by atoms with Crippen molar-refractivity contribution < 1.29 is 14.3 Å². The first-order valence-corrected chi connectivity index (χ1v) is 5.84. The molecule has 18 heavy (non-hydrogen) atoms. The van der Waals surface area contributed by atoms with Crippen molar-refractivity contribution in [3.05, 3.63) is 0 Å². The van der Waals surface area contributed by atoms with Gasteiger partial charge in [0.1, 0.15) is 0 Å². The number of carbonyl (C=O) groups excluding carboxylic acids is 2. The van der Waals surface area contributed by atoms with Crippen LogP contribution in [0.4, 0.5) is 0 Å². The molecule has 6 nitrogen and oxygen atoms in total. The maximum atomic E-state index is 11.9. The number of nitriles is 1. The number of hydrogen-bond acceptors (Lipinski definition) is 5. The van der Waals surface area contributed by atoms with E-state index in [1.54, 1.807) is 11.9 Å². The molecule has 0 bridgehead atoms. The van der Waals surface area contributed by atoms with E-state index in [-0.39, 0.29) is 31.0 Å². The minimum atomic E-state index is -0.365. The second kappa shape index (κ2) is 8.48. The van der Waals surface area contributed by atoms with E-state index >= 15 is 0 Å². The van der Waals surface area contributed by atoms with Crippen LogP contribution in [0.5, 0.6) is 0 Å². The summed E-state index contributed by atoms with van der Waals surface area (Å²) in [7, 11) is 2.97. The largest absolute Gasteiger partial charge is 0.468 e. The molecular weight excluding hydrogens is 234 g/mol. The molecule has 0 aliphatic carbocycles. The molecule has 102 valence electrons. The van der Waals surface area contributed by atoms with Gasteiger partial charge in [-0.2, -0.15) is 5.26 Å². The van der Waals surface area contributed by atoms with Crippen LogP contribution >= 0.6 is 0 Å². The molecule has 0 atom stereocenters. The molecule has 0 aromatic heterocycles. The SMILES string of the molecule is COC(=O)CN(CC(=O)N(C)CCC#N)C(C)C. The van der Waals surface area contributed by atoms with Crippen LogP contribution in [0, 0.1) is 11.3 Å². The first kappa shape index (κ1) is 16.4. The number of amides is 1. The Morgan fingerprint density at radius 1 is 1.33 bits per heavy atom. The van der Waals surface area contributed by atoms with Crippen LogP contribution in [0.15, 0.2) is 0 Å². The van der Waals surface area contributed by atoms with Gasteiger partial charge in [-0.3, -0.25) is 14.5 Å². The zero-order valence-corrected chi connectivity index (χ0v) is 11.5. The summed E-state index contributed by atoms with van der Waals surface area (Å²) in [4.78, 5) is 26.3. The predicted octanol–water partition coefficient (Wildman–Crippen LogP) is 0.242. The van der Waals surface area contributed by atoms with E-state index in [1.807, 2.05) is 19.9 Å². The second-order valence-corrected chi connectivity index (χ2v) is 4.30. The molecule has 0 radical (unpaired) electrons. The quantitative estimate of drug-likeness (QED) is 0.609. The number of rotatable bonds is 7. The van der Waals surface area contributed by atoms with E-state index in [0.29, 0.717) is 13.0 Å². The van der Waals surface area contributed by atoms with Gasteiger partial charge < -0.3 is 9.64 Å². The van der Waals surface area contributed by atoms with Gasteiger partial charge in [-0.05, 0) is 13.8 Å². The molecule has 0 fully saturated rings. The van der Waals surface area contributed by atoms with Gasteiger partial charge in [0.25, 0.3) is 0 Å². The zero-order chi connectivity index (χ0) is 14.1. The van der Waals surface area contributed by atoms with Crippen LogP contribution in [-0.4, -0.2) is 61.5 Å². The maximum absolute atomic E-state index is 11.9. The average molecular weight is 255 g/mol. The Morgan fingerprint density at radius 3 is 2.39 bits per heavy atom. The number of nitrogens with zero attached hydrogens (tertiary/aromatic N) is 3. The molecule has 0 aliphatic heterocycles. The van der Waals surface area contributed by atoms with E-state index in [0.717, 1.165) is 0 Å². The average Bonchev–Trinajstić information content (AvgIpc) is 2.34. The van der Waals surface area contributed by atoms with Crippen LogP contribution < -0.4 is 0 Å². The Morgan fingerprint density at radius 2 is 1.94 bits per heavy atom. The molecule has 0 heterocycles. The number of likely N-dealkylation sites (N-methyl/N-ethyl adjacent to an activating group) is 1. The highest BCUT2D eigenvalue weighted by Gasteiger charge is 2.19. The lowest BCUT2D eigenvalue weighted by Crippen LogP contribution is -2.44. The normalized spacial score (nSPS) is 10.3. The molecule has 0 N–H and O–H groups in total. The lowest BCUT2D eigenvalue weighted by molar-refractivity contribution is -0.143. The monoisotopic (exact) mass is 255 g/mol. The van der Waals surface area contributed by atoms with E-state index in [2.05, 4.69) is 4.74 Å². The smallest absolute Gasteiger partial charge is 0.319 e. The van der Waals surface area contributed by atoms with Crippen LogP contribution in [0.1, 0.15) is 20.3 Å². The van der Waals surface area contributed by atoms with Crippen LogP contribution in [0.3, 0.4) is 0 Å². The zero-order valence-electron chi connectivity index (χ0n) is 11.5. The highest BCUT2D eigenvalue weighted by atomic mass is 16.5. The molecule has 0 unspecified atom stereocenters. The summed E-state index contributed by atoms with van der Waals surface area (Å²) in [5.74, 6) is -0.473. The summed E-state index contributed by atoms with van der Waals surface area (Å²) in [5.41, 5.74) is 0. The summed E-state index contributed by atoms with van der Waals surface area (Å²) < 4.78 is 4.59. The number of esters is 1. The van der Waals surface area contributed by atoms with Crippen molar-refractivity contribution in [2.75, 3.05) is 33.8 Å². The van der Waals surface area contributed by atoms with Gasteiger partial charge in [-0.15, -0.1) is 0 Å². The molecule has 0 saturated heterocycles. The highest BCUT2D eigenvalue weighted by Crippen LogP contribution is 2.00. The first-order valence-electron chi connectivity index (χ1n) is 5.84. The topological polar surface area (TPSA) is 73.6 Å². The van der Waals surface area contributed by atoms with Crippen LogP contribution in [0.25, 0.3) is 0 Å². The van der Waals surface area contributed by atoms with Gasteiger partial charge in [0, 0.05) is 19.6 Å². The van der Waals surface area contributed by atoms with Crippen LogP contribution in [0.2, 0.25) is 0 Å². The highest BCUT2D eigenvalue weighted by molar-refractivity contribution is 5.79. The third-order valence-corrected chi connectivity index (χ3v) is 2.61. The fraction of sp³-hybridized carbons (Fsp3) is 0.750. The van der Waals surface area contributed by atoms with Crippen molar-refractivity contribution in [2.24, 2.45) is 0 Å². The molecule has 0 spiro atoms. The van der Waals surface area contributed by atoms with Gasteiger partial charge >= 0.3 is 5.97 Å². The summed E-state index contributed by atoms with van der Waals surface area (Å²) in [6, 6.07) is 2.06. The molecule has 0 aliphatic rings. The fourth-order valence-electron chi connectivity index (χ4n) is 1.29. The fourth-order valence-corrected chi connectivity index (χ4v) is 1.29. The Kier molecular flexibility index (Phi) is 7.72. The van der Waals surface area contributed by atoms with Crippen molar-refractivity contribution in [3.8, 4) is 6.07 Å². The van der Waals surface area contributed by atoms with Gasteiger partial charge in [0.2, 0.25) is 5.91 Å². The van der Waals surface area contributed by atoms with Crippen molar-refractivity contribution in [3.63, 3.8) is 0 Å².